The summed E-state index contributed by atoms with van der Waals surface area (Å²) in [5, 5.41) is 19.1. The highest BCUT2D eigenvalue weighted by atomic mass is 127. The van der Waals surface area contributed by atoms with Crippen LogP contribution in [0.1, 0.15) is 6.23 Å². The van der Waals surface area contributed by atoms with E-state index in [4.69, 9.17) is 9.84 Å². The molecule has 0 bridgehead atoms. The molecule has 100 valence electrons. The van der Waals surface area contributed by atoms with Gasteiger partial charge in [0, 0.05) is 6.20 Å². The fourth-order valence-corrected chi connectivity index (χ4v) is 2.81. The van der Waals surface area contributed by atoms with Crippen molar-refractivity contribution in [1.82, 2.24) is 9.55 Å². The van der Waals surface area contributed by atoms with Gasteiger partial charge in [-0.1, -0.05) is 22.6 Å². The molecule has 7 nitrogen and oxygen atoms in total. The zero-order chi connectivity index (χ0) is 13.4. The van der Waals surface area contributed by atoms with Gasteiger partial charge >= 0.3 is 5.69 Å². The second-order valence-corrected chi connectivity index (χ2v) is 6.12. The second-order valence-electron chi connectivity index (χ2n) is 3.83. The summed E-state index contributed by atoms with van der Waals surface area (Å²) in [6.45, 7) is -0.250. The maximum absolute atomic E-state index is 11.7. The molecule has 0 radical (unpaired) electrons. The lowest BCUT2D eigenvalue weighted by molar-refractivity contribution is -0.0530. The number of halogens is 2. The van der Waals surface area contributed by atoms with Gasteiger partial charge in [0.15, 0.2) is 6.23 Å². The van der Waals surface area contributed by atoms with Gasteiger partial charge in [-0.15, -0.1) is 0 Å². The molecule has 2 rings (SSSR count). The van der Waals surface area contributed by atoms with Crippen LogP contribution < -0.4 is 11.2 Å². The van der Waals surface area contributed by atoms with Crippen LogP contribution in [-0.2, 0) is 4.74 Å². The van der Waals surface area contributed by atoms with Crippen molar-refractivity contribution in [2.75, 3.05) is 6.61 Å². The Morgan fingerprint density at radius 1 is 1.56 bits per heavy atom. The standard InChI is InChI=1S/C9H10BrIN2O5/c10-3-1-13(9(17)12-7(3)16)8-6(15)5(11)4(2-14)18-8/h1,4-6,8,14-15H,2H2,(H,12,16,17)/t4-,5?,6?,8-/m0/s1. The summed E-state index contributed by atoms with van der Waals surface area (Å²) < 4.78 is 6.33. The highest BCUT2D eigenvalue weighted by molar-refractivity contribution is 14.1. The minimum absolute atomic E-state index is 0.162. The number of aromatic amines is 1. The van der Waals surface area contributed by atoms with Gasteiger partial charge in [0.05, 0.1) is 21.1 Å². The number of aromatic nitrogens is 2. The molecule has 0 aliphatic carbocycles. The molecule has 1 aliphatic heterocycles. The van der Waals surface area contributed by atoms with Gasteiger partial charge < -0.3 is 14.9 Å². The molecule has 3 N–H and O–H groups in total. The van der Waals surface area contributed by atoms with Gasteiger partial charge in [0.25, 0.3) is 5.56 Å². The topological polar surface area (TPSA) is 105 Å². The van der Waals surface area contributed by atoms with Gasteiger partial charge in [-0.25, -0.2) is 4.79 Å². The number of hydrogen-bond acceptors (Lipinski definition) is 5. The van der Waals surface area contributed by atoms with Gasteiger partial charge in [0.2, 0.25) is 0 Å². The van der Waals surface area contributed by atoms with Crippen molar-refractivity contribution in [3.05, 3.63) is 31.5 Å². The van der Waals surface area contributed by atoms with Crippen LogP contribution in [0.2, 0.25) is 0 Å². The van der Waals surface area contributed by atoms with Gasteiger partial charge in [-0.3, -0.25) is 14.3 Å². The SMILES string of the molecule is O=c1[nH]c(=O)n([C@H]2O[C@@H](CO)C(I)C2O)cc1Br. The minimum atomic E-state index is -0.946. The second kappa shape index (κ2) is 5.41. The minimum Gasteiger partial charge on any atom is -0.394 e. The summed E-state index contributed by atoms with van der Waals surface area (Å²) in [5.41, 5.74) is -1.22. The highest BCUT2D eigenvalue weighted by Gasteiger charge is 2.43. The van der Waals surface area contributed by atoms with E-state index < -0.39 is 29.7 Å². The number of nitrogens with zero attached hydrogens (tertiary/aromatic N) is 1. The van der Waals surface area contributed by atoms with E-state index in [-0.39, 0.29) is 15.0 Å². The first-order chi connectivity index (χ1) is 8.45. The maximum atomic E-state index is 11.7. The number of hydrogen-bond donors (Lipinski definition) is 3. The lowest BCUT2D eigenvalue weighted by Crippen LogP contribution is -2.36. The zero-order valence-electron chi connectivity index (χ0n) is 8.92. The van der Waals surface area contributed by atoms with Crippen LogP contribution in [0.15, 0.2) is 20.3 Å². The van der Waals surface area contributed by atoms with E-state index in [9.17, 15) is 14.7 Å². The highest BCUT2D eigenvalue weighted by Crippen LogP contribution is 2.33. The molecule has 9 heteroatoms. The third-order valence-corrected chi connectivity index (χ3v) is 4.77. The maximum Gasteiger partial charge on any atom is 0.330 e. The Labute approximate surface area is 123 Å². The molecule has 0 aromatic carbocycles. The largest absolute Gasteiger partial charge is 0.394 e. The van der Waals surface area contributed by atoms with Crippen molar-refractivity contribution in [2.45, 2.75) is 22.4 Å². The summed E-state index contributed by atoms with van der Waals surface area (Å²) in [6, 6.07) is 0. The number of nitrogens with one attached hydrogen (secondary N) is 1. The third-order valence-electron chi connectivity index (χ3n) is 2.67. The molecular weight excluding hydrogens is 423 g/mol. The molecule has 1 aromatic heterocycles. The lowest BCUT2D eigenvalue weighted by Gasteiger charge is -2.17. The zero-order valence-corrected chi connectivity index (χ0v) is 12.7. The molecule has 0 amide bonds. The monoisotopic (exact) mass is 432 g/mol. The average molecular weight is 433 g/mol. The quantitative estimate of drug-likeness (QED) is 0.425. The predicted octanol–water partition coefficient (Wildman–Crippen LogP) is -0.647. The van der Waals surface area contributed by atoms with Crippen molar-refractivity contribution < 1.29 is 14.9 Å². The fraction of sp³-hybridized carbons (Fsp3) is 0.556. The summed E-state index contributed by atoms with van der Waals surface area (Å²) in [5.74, 6) is 0. The van der Waals surface area contributed by atoms with E-state index in [1.54, 1.807) is 0 Å². The summed E-state index contributed by atoms with van der Waals surface area (Å²) >= 11 is 4.96. The molecule has 4 atom stereocenters. The molecule has 2 heterocycles. The van der Waals surface area contributed by atoms with Crippen molar-refractivity contribution in [3.8, 4) is 0 Å². The molecule has 1 aliphatic rings. The van der Waals surface area contributed by atoms with Crippen molar-refractivity contribution in [2.24, 2.45) is 0 Å². The van der Waals surface area contributed by atoms with Crippen LogP contribution in [0.4, 0.5) is 0 Å². The summed E-state index contributed by atoms with van der Waals surface area (Å²) in [4.78, 5) is 25.0. The number of aliphatic hydroxyl groups is 2. The number of rotatable bonds is 2. The molecule has 1 saturated heterocycles. The van der Waals surface area contributed by atoms with Crippen molar-refractivity contribution in [1.29, 1.82) is 0 Å². The first-order valence-electron chi connectivity index (χ1n) is 5.05. The van der Waals surface area contributed by atoms with Crippen LogP contribution in [-0.4, -0.2) is 42.5 Å². The molecule has 1 aromatic rings. The number of aliphatic hydroxyl groups excluding tert-OH is 2. The Kier molecular flexibility index (Phi) is 4.26. The Hall–Kier alpha value is -0.230. The predicted molar refractivity (Wildman–Crippen MR) is 73.8 cm³/mol. The van der Waals surface area contributed by atoms with E-state index in [1.165, 1.54) is 6.20 Å². The first-order valence-corrected chi connectivity index (χ1v) is 7.09. The number of alkyl halides is 1. The van der Waals surface area contributed by atoms with Crippen molar-refractivity contribution >= 4 is 38.5 Å². The molecule has 1 fully saturated rings. The van der Waals surface area contributed by atoms with Crippen LogP contribution >= 0.6 is 38.5 Å². The van der Waals surface area contributed by atoms with Crippen molar-refractivity contribution in [3.63, 3.8) is 0 Å². The van der Waals surface area contributed by atoms with Crippen LogP contribution in [0.5, 0.6) is 0 Å². The Morgan fingerprint density at radius 3 is 2.78 bits per heavy atom. The molecule has 0 saturated carbocycles. The van der Waals surface area contributed by atoms with Crippen LogP contribution in [0, 0.1) is 0 Å². The normalized spacial score (nSPS) is 31.8. The Balaban J connectivity index is 2.42. The van der Waals surface area contributed by atoms with E-state index in [0.29, 0.717) is 0 Å². The third kappa shape index (κ3) is 2.41. The van der Waals surface area contributed by atoms with Crippen LogP contribution in [0.3, 0.4) is 0 Å². The van der Waals surface area contributed by atoms with Gasteiger partial charge in [-0.2, -0.15) is 0 Å². The van der Waals surface area contributed by atoms with Crippen LogP contribution in [0.25, 0.3) is 0 Å². The van der Waals surface area contributed by atoms with E-state index in [0.717, 1.165) is 4.57 Å². The number of ether oxygens (including phenoxy) is 1. The lowest BCUT2D eigenvalue weighted by atomic mass is 10.2. The molecular formula is C9H10BrIN2O5. The average Bonchev–Trinajstić information content (AvgIpc) is 2.61. The van der Waals surface area contributed by atoms with Gasteiger partial charge in [0.1, 0.15) is 6.10 Å². The van der Waals surface area contributed by atoms with Gasteiger partial charge in [-0.05, 0) is 15.9 Å². The fourth-order valence-electron chi connectivity index (χ4n) is 1.74. The summed E-state index contributed by atoms with van der Waals surface area (Å²) in [6.07, 6.45) is -1.16. The first kappa shape index (κ1) is 14.2. The Morgan fingerprint density at radius 2 is 2.22 bits per heavy atom. The van der Waals surface area contributed by atoms with E-state index in [2.05, 4.69) is 20.9 Å². The summed E-state index contributed by atoms with van der Waals surface area (Å²) in [7, 11) is 0. The van der Waals surface area contributed by atoms with E-state index in [1.807, 2.05) is 22.6 Å². The smallest absolute Gasteiger partial charge is 0.330 e. The van der Waals surface area contributed by atoms with E-state index >= 15 is 0 Å². The molecule has 18 heavy (non-hydrogen) atoms. The molecule has 0 spiro atoms. The molecule has 2 unspecified atom stereocenters. The Bertz CT molecular complexity index is 559. The number of H-pyrrole nitrogens is 1.